The summed E-state index contributed by atoms with van der Waals surface area (Å²) in [5.74, 6) is -7.94. The van der Waals surface area contributed by atoms with Crippen molar-refractivity contribution in [1.29, 1.82) is 0 Å². The van der Waals surface area contributed by atoms with Gasteiger partial charge in [-0.25, -0.2) is 13.6 Å². The predicted octanol–water partition coefficient (Wildman–Crippen LogP) is 3.44. The molecule has 5 rings (SSSR count). The van der Waals surface area contributed by atoms with Crippen LogP contribution in [0.15, 0.2) is 23.6 Å². The number of Topliss-reactive ketones (excluding diaryl/α,β-unsaturated/α-hetero) is 1. The Morgan fingerprint density at radius 3 is 2.29 bits per heavy atom. The monoisotopic (exact) mass is 843 g/mol. The SMILES string of the molecule is CC1(C)O[C@@H]2CC3C4CC(F)=C5CC(=O)C=C[C@]5(C)[C@@]4(F)[C@@H](O)C[C@]3(C)[C@]2(C(=O)COC(=O)CC(NC(=O)CCCCCO[N+](=O)[O-])C(=O)OCCCCO[N+](=O)[O-])O1. The van der Waals surface area contributed by atoms with E-state index in [-0.39, 0.29) is 82.5 Å². The largest absolute Gasteiger partial charge is 0.464 e. The second-order valence-corrected chi connectivity index (χ2v) is 16.7. The van der Waals surface area contributed by atoms with E-state index in [1.54, 1.807) is 20.8 Å². The molecule has 4 aliphatic carbocycles. The number of ether oxygens (including phenoxy) is 4. The number of esters is 2. The maximum atomic E-state index is 17.8. The fourth-order valence-corrected chi connectivity index (χ4v) is 10.0. The van der Waals surface area contributed by atoms with Gasteiger partial charge >= 0.3 is 11.9 Å². The average Bonchev–Trinajstić information content (AvgIpc) is 3.56. The lowest BCUT2D eigenvalue weighted by molar-refractivity contribution is -0.757. The number of carbonyl (C=O) groups is 5. The highest BCUT2D eigenvalue weighted by molar-refractivity contribution is 5.94. The van der Waals surface area contributed by atoms with Gasteiger partial charge in [-0.2, -0.15) is 0 Å². The van der Waals surface area contributed by atoms with Gasteiger partial charge in [-0.15, -0.1) is 20.2 Å². The fourth-order valence-electron chi connectivity index (χ4n) is 10.0. The Hall–Kier alpha value is -4.63. The molecule has 2 saturated carbocycles. The number of allylic oxidation sites excluding steroid dienone is 4. The molecule has 0 aromatic rings. The van der Waals surface area contributed by atoms with Gasteiger partial charge in [-0.3, -0.25) is 19.2 Å². The molecule has 328 valence electrons. The molecule has 59 heavy (non-hydrogen) atoms. The summed E-state index contributed by atoms with van der Waals surface area (Å²) in [6.45, 7) is 4.65. The molecular formula is C38H51F2N3O16. The van der Waals surface area contributed by atoms with Gasteiger partial charge in [0.1, 0.15) is 11.9 Å². The maximum Gasteiger partial charge on any atom is 0.329 e. The maximum absolute atomic E-state index is 17.8. The molecule has 1 saturated heterocycles. The molecule has 19 nitrogen and oxygen atoms in total. The highest BCUT2D eigenvalue weighted by Gasteiger charge is 2.80. The Labute approximate surface area is 337 Å². The van der Waals surface area contributed by atoms with Crippen LogP contribution in [-0.4, -0.2) is 106 Å². The molecule has 3 unspecified atom stereocenters. The number of amides is 1. The van der Waals surface area contributed by atoms with Crippen LogP contribution in [0.2, 0.25) is 0 Å². The Bertz CT molecular complexity index is 1770. The molecule has 1 heterocycles. The van der Waals surface area contributed by atoms with Crippen molar-refractivity contribution in [1.82, 2.24) is 5.32 Å². The van der Waals surface area contributed by atoms with Crippen LogP contribution in [0.25, 0.3) is 0 Å². The number of aliphatic hydroxyl groups excluding tert-OH is 1. The Kier molecular flexibility index (Phi) is 13.5. The van der Waals surface area contributed by atoms with Gasteiger partial charge < -0.3 is 39.0 Å². The summed E-state index contributed by atoms with van der Waals surface area (Å²) < 4.78 is 56.9. The van der Waals surface area contributed by atoms with Crippen molar-refractivity contribution in [3.8, 4) is 0 Å². The summed E-state index contributed by atoms with van der Waals surface area (Å²) in [4.78, 5) is 95.0. The molecule has 2 N–H and O–H groups in total. The zero-order valence-electron chi connectivity index (χ0n) is 33.4. The first-order valence-corrected chi connectivity index (χ1v) is 19.7. The smallest absolute Gasteiger partial charge is 0.329 e. The number of nitrogens with zero attached hydrogens (tertiary/aromatic N) is 2. The van der Waals surface area contributed by atoms with E-state index < -0.39 is 117 Å². The van der Waals surface area contributed by atoms with Crippen molar-refractivity contribution in [2.75, 3.05) is 26.4 Å². The standard InChI is InChI=1S/C38H51F2N3O16/c1-34(2)58-30-18-23-24-17-26(39)25-16-22(44)11-12-35(25,3)37(24,40)28(45)20-36(23,4)38(30,59-34)29(46)21-55-32(48)19-27(33(49)54-13-8-9-15-57-43(52)53)41-31(47)10-6-5-7-14-56-42(50)51/h11-12,23-24,27-28,30,45H,5-10,13-21H2,1-4H3,(H,41,47)/t23?,24?,27?,28-,30+,35-,36-,37-,38+/m0/s1. The van der Waals surface area contributed by atoms with Crippen LogP contribution in [0.3, 0.4) is 0 Å². The van der Waals surface area contributed by atoms with Crippen LogP contribution in [0.1, 0.15) is 98.3 Å². The van der Waals surface area contributed by atoms with Gasteiger partial charge in [0.05, 0.1) is 38.4 Å². The minimum atomic E-state index is -2.42. The van der Waals surface area contributed by atoms with Crippen LogP contribution in [0.5, 0.6) is 0 Å². The number of rotatable bonds is 20. The zero-order chi connectivity index (χ0) is 43.6. The van der Waals surface area contributed by atoms with E-state index in [0.29, 0.717) is 6.42 Å². The number of ketones is 2. The Balaban J connectivity index is 1.29. The predicted molar refractivity (Wildman–Crippen MR) is 194 cm³/mol. The second-order valence-electron chi connectivity index (χ2n) is 16.7. The number of halogens is 2. The lowest BCUT2D eigenvalue weighted by Crippen LogP contribution is -2.70. The van der Waals surface area contributed by atoms with E-state index in [9.17, 15) is 49.3 Å². The summed E-state index contributed by atoms with van der Waals surface area (Å²) in [6, 6.07) is -1.59. The number of unbranched alkanes of at least 4 members (excludes halogenated alkanes) is 3. The van der Waals surface area contributed by atoms with Crippen molar-refractivity contribution in [2.45, 2.75) is 134 Å². The number of carbonyl (C=O) groups excluding carboxylic acids is 5. The number of fused-ring (bicyclic) bond motifs is 7. The van der Waals surface area contributed by atoms with E-state index in [1.807, 2.05) is 0 Å². The van der Waals surface area contributed by atoms with Crippen LogP contribution in [-0.2, 0) is 52.6 Å². The van der Waals surface area contributed by atoms with Crippen LogP contribution in [0, 0.1) is 42.9 Å². The third-order valence-electron chi connectivity index (χ3n) is 12.6. The number of hydrogen-bond acceptors (Lipinski definition) is 16. The molecule has 3 fully saturated rings. The van der Waals surface area contributed by atoms with Gasteiger partial charge in [0.25, 0.3) is 10.2 Å². The molecule has 0 spiro atoms. The molecule has 0 bridgehead atoms. The van der Waals surface area contributed by atoms with Crippen LogP contribution in [0.4, 0.5) is 8.78 Å². The Morgan fingerprint density at radius 2 is 1.63 bits per heavy atom. The molecule has 0 radical (unpaired) electrons. The van der Waals surface area contributed by atoms with E-state index in [2.05, 4.69) is 15.0 Å². The van der Waals surface area contributed by atoms with E-state index in [4.69, 9.17) is 18.9 Å². The highest BCUT2D eigenvalue weighted by Crippen LogP contribution is 2.72. The van der Waals surface area contributed by atoms with Gasteiger partial charge in [-0.1, -0.05) is 19.4 Å². The van der Waals surface area contributed by atoms with Gasteiger partial charge in [-0.05, 0) is 76.9 Å². The molecule has 1 aliphatic heterocycles. The molecule has 5 aliphatic rings. The number of hydrogen-bond donors (Lipinski definition) is 2. The second kappa shape index (κ2) is 17.5. The lowest BCUT2D eigenvalue weighted by atomic mass is 9.45. The van der Waals surface area contributed by atoms with Crippen LogP contribution >= 0.6 is 0 Å². The van der Waals surface area contributed by atoms with Crippen molar-refractivity contribution >= 4 is 29.4 Å². The first-order chi connectivity index (χ1) is 27.6. The first kappa shape index (κ1) is 45.5. The fraction of sp³-hybridized carbons (Fsp3) is 0.763. The van der Waals surface area contributed by atoms with Crippen LogP contribution < -0.4 is 5.32 Å². The van der Waals surface area contributed by atoms with E-state index in [0.717, 1.165) is 0 Å². The summed E-state index contributed by atoms with van der Waals surface area (Å²) in [7, 11) is 0. The quantitative estimate of drug-likeness (QED) is 0.0770. The third kappa shape index (κ3) is 8.82. The summed E-state index contributed by atoms with van der Waals surface area (Å²) in [5.41, 5.74) is -7.37. The van der Waals surface area contributed by atoms with Crippen molar-refractivity contribution in [3.05, 3.63) is 43.8 Å². The molecule has 21 heteroatoms. The van der Waals surface area contributed by atoms with Gasteiger partial charge in [0.2, 0.25) is 11.7 Å². The highest BCUT2D eigenvalue weighted by atomic mass is 19.1. The minimum Gasteiger partial charge on any atom is -0.464 e. The topological polar surface area (TPSA) is 259 Å². The molecule has 0 aromatic carbocycles. The Morgan fingerprint density at radius 1 is 0.983 bits per heavy atom. The van der Waals surface area contributed by atoms with Crippen molar-refractivity contribution < 1.29 is 76.7 Å². The molecule has 9 atom stereocenters. The molecular weight excluding hydrogens is 792 g/mol. The number of nitrogens with one attached hydrogen (secondary N) is 1. The molecule has 0 aromatic heterocycles. The summed E-state index contributed by atoms with van der Waals surface area (Å²) >= 11 is 0. The normalized spacial score (nSPS) is 33.1. The number of alkyl halides is 1. The van der Waals surface area contributed by atoms with Crippen molar-refractivity contribution in [2.24, 2.45) is 22.7 Å². The molecule has 1 amide bonds. The van der Waals surface area contributed by atoms with Gasteiger partial charge in [0, 0.05) is 36.0 Å². The van der Waals surface area contributed by atoms with E-state index in [1.165, 1.54) is 19.1 Å². The summed E-state index contributed by atoms with van der Waals surface area (Å²) in [5, 5.41) is 33.0. The first-order valence-electron chi connectivity index (χ1n) is 19.7. The third-order valence-corrected chi connectivity index (χ3v) is 12.6. The van der Waals surface area contributed by atoms with E-state index >= 15 is 8.78 Å². The summed E-state index contributed by atoms with van der Waals surface area (Å²) in [6.07, 6.45) is -1.03. The minimum absolute atomic E-state index is 0.0168. The average molecular weight is 844 g/mol. The van der Waals surface area contributed by atoms with Crippen molar-refractivity contribution in [3.63, 3.8) is 0 Å². The number of aliphatic hydroxyl groups is 1. The lowest BCUT2D eigenvalue weighted by Gasteiger charge is -2.62. The zero-order valence-corrected chi connectivity index (χ0v) is 33.4. The van der Waals surface area contributed by atoms with Gasteiger partial charge in [0.15, 0.2) is 29.4 Å².